The second-order valence-corrected chi connectivity index (χ2v) is 8.42. The Labute approximate surface area is 153 Å². The van der Waals surface area contributed by atoms with Gasteiger partial charge in [0, 0.05) is 11.3 Å². The lowest BCUT2D eigenvalue weighted by atomic mass is 9.59. The molecule has 2 bridgehead atoms. The molecule has 0 aromatic carbocycles. The Morgan fingerprint density at radius 3 is 2.69 bits per heavy atom. The van der Waals surface area contributed by atoms with Crippen LogP contribution in [0.5, 0.6) is 0 Å². The van der Waals surface area contributed by atoms with Gasteiger partial charge in [-0.15, -0.1) is 0 Å². The van der Waals surface area contributed by atoms with Crippen LogP contribution >= 0.6 is 0 Å². The molecule has 1 spiro atoms. The van der Waals surface area contributed by atoms with Crippen LogP contribution in [-0.2, 0) is 19.1 Å². The van der Waals surface area contributed by atoms with Gasteiger partial charge in [-0.3, -0.25) is 9.59 Å². The summed E-state index contributed by atoms with van der Waals surface area (Å²) in [6, 6.07) is 0. The summed E-state index contributed by atoms with van der Waals surface area (Å²) in [6.07, 6.45) is 6.15. The maximum absolute atomic E-state index is 13.0. The Kier molecular flexibility index (Phi) is 3.75. The molecule has 0 aromatic heterocycles. The Morgan fingerprint density at radius 2 is 2.04 bits per heavy atom. The van der Waals surface area contributed by atoms with Gasteiger partial charge in [-0.2, -0.15) is 0 Å². The van der Waals surface area contributed by atoms with Gasteiger partial charge in [-0.1, -0.05) is 29.9 Å². The molecular weight excluding hydrogens is 332 g/mol. The van der Waals surface area contributed by atoms with Crippen molar-refractivity contribution in [3.05, 3.63) is 35.5 Å². The van der Waals surface area contributed by atoms with E-state index in [0.29, 0.717) is 5.92 Å². The van der Waals surface area contributed by atoms with E-state index in [1.165, 1.54) is 25.4 Å². The molecule has 0 saturated heterocycles. The highest BCUT2D eigenvalue weighted by Gasteiger charge is 2.68. The highest BCUT2D eigenvalue weighted by atomic mass is 16.5. The summed E-state index contributed by atoms with van der Waals surface area (Å²) in [7, 11) is 2.72. The predicted molar refractivity (Wildman–Crippen MR) is 94.8 cm³/mol. The van der Waals surface area contributed by atoms with Crippen LogP contribution in [0.3, 0.4) is 0 Å². The van der Waals surface area contributed by atoms with Crippen molar-refractivity contribution in [3.8, 4) is 0 Å². The SMILES string of the molecule is C=C1CC23CC1CCC2=C1C=CC(O)C(C)(C(=O)OC)C1C3C(=O)OC. The number of rotatable bonds is 2. The van der Waals surface area contributed by atoms with Crippen molar-refractivity contribution in [2.75, 3.05) is 14.2 Å². The Morgan fingerprint density at radius 1 is 1.31 bits per heavy atom. The summed E-state index contributed by atoms with van der Waals surface area (Å²) in [4.78, 5) is 25.7. The number of hydrogen-bond acceptors (Lipinski definition) is 5. The van der Waals surface area contributed by atoms with E-state index < -0.39 is 29.3 Å². The first-order valence-corrected chi connectivity index (χ1v) is 9.25. The lowest BCUT2D eigenvalue weighted by molar-refractivity contribution is -0.168. The average Bonchev–Trinajstić information content (AvgIpc) is 3.07. The molecule has 6 unspecified atom stereocenters. The fourth-order valence-corrected chi connectivity index (χ4v) is 6.26. The number of hydrogen-bond donors (Lipinski definition) is 1. The van der Waals surface area contributed by atoms with Crippen molar-refractivity contribution < 1.29 is 24.2 Å². The van der Waals surface area contributed by atoms with Gasteiger partial charge < -0.3 is 14.6 Å². The molecule has 6 atom stereocenters. The quantitative estimate of drug-likeness (QED) is 0.607. The van der Waals surface area contributed by atoms with Gasteiger partial charge in [0.25, 0.3) is 0 Å². The third kappa shape index (κ3) is 1.90. The molecule has 2 fully saturated rings. The number of aliphatic hydroxyl groups excluding tert-OH is 1. The molecule has 4 rings (SSSR count). The summed E-state index contributed by atoms with van der Waals surface area (Å²) in [5.41, 5.74) is 1.92. The number of fused-ring (bicyclic) bond motifs is 2. The summed E-state index contributed by atoms with van der Waals surface area (Å²) in [5, 5.41) is 10.7. The topological polar surface area (TPSA) is 72.8 Å². The van der Waals surface area contributed by atoms with Gasteiger partial charge in [0.1, 0.15) is 5.41 Å². The number of aliphatic hydroxyl groups is 1. The first-order valence-electron chi connectivity index (χ1n) is 9.25. The fraction of sp³-hybridized carbons (Fsp3) is 0.619. The van der Waals surface area contributed by atoms with Crippen molar-refractivity contribution in [3.63, 3.8) is 0 Å². The molecule has 26 heavy (non-hydrogen) atoms. The van der Waals surface area contributed by atoms with Gasteiger partial charge in [0.15, 0.2) is 0 Å². The van der Waals surface area contributed by atoms with Crippen LogP contribution in [0.4, 0.5) is 0 Å². The zero-order valence-corrected chi connectivity index (χ0v) is 15.6. The molecule has 4 aliphatic rings. The zero-order valence-electron chi connectivity index (χ0n) is 15.6. The van der Waals surface area contributed by atoms with Crippen LogP contribution < -0.4 is 0 Å². The molecule has 1 N–H and O–H groups in total. The number of methoxy groups -OCH3 is 2. The smallest absolute Gasteiger partial charge is 0.315 e. The second-order valence-electron chi connectivity index (χ2n) is 8.42. The maximum atomic E-state index is 13.0. The van der Waals surface area contributed by atoms with E-state index in [1.54, 1.807) is 13.0 Å². The standard InChI is InChI=1S/C21H26O5/c1-11-9-21-10-12(11)5-7-14(21)13-6-8-15(22)20(2,19(24)26-4)16(13)17(21)18(23)25-3/h6,8,12,15-17,22H,1,5,7,9-10H2,2-4H3. The molecule has 140 valence electrons. The van der Waals surface area contributed by atoms with E-state index in [2.05, 4.69) is 6.58 Å². The molecule has 5 heteroatoms. The lowest BCUT2D eigenvalue weighted by Gasteiger charge is -2.44. The Balaban J connectivity index is 1.95. The minimum Gasteiger partial charge on any atom is -0.469 e. The van der Waals surface area contributed by atoms with Crippen LogP contribution in [0.1, 0.15) is 32.6 Å². The van der Waals surface area contributed by atoms with E-state index in [1.807, 2.05) is 6.08 Å². The zero-order chi connectivity index (χ0) is 18.9. The molecule has 0 amide bonds. The molecule has 2 saturated carbocycles. The fourth-order valence-electron chi connectivity index (χ4n) is 6.26. The van der Waals surface area contributed by atoms with Crippen LogP contribution in [0.2, 0.25) is 0 Å². The van der Waals surface area contributed by atoms with Crippen molar-refractivity contribution in [1.29, 1.82) is 0 Å². The van der Waals surface area contributed by atoms with Gasteiger partial charge in [0.2, 0.25) is 0 Å². The van der Waals surface area contributed by atoms with E-state index >= 15 is 0 Å². The van der Waals surface area contributed by atoms with E-state index in [9.17, 15) is 14.7 Å². The molecule has 4 aliphatic carbocycles. The molecular formula is C21H26O5. The van der Waals surface area contributed by atoms with Gasteiger partial charge in [0.05, 0.1) is 26.2 Å². The monoisotopic (exact) mass is 358 g/mol. The first-order chi connectivity index (χ1) is 12.3. The van der Waals surface area contributed by atoms with Crippen molar-refractivity contribution in [2.24, 2.45) is 28.6 Å². The van der Waals surface area contributed by atoms with E-state index in [-0.39, 0.29) is 11.4 Å². The largest absolute Gasteiger partial charge is 0.469 e. The minimum absolute atomic E-state index is 0.310. The molecule has 0 aliphatic heterocycles. The normalized spacial score (nSPS) is 43.2. The summed E-state index contributed by atoms with van der Waals surface area (Å²) in [6.45, 7) is 5.97. The van der Waals surface area contributed by atoms with Crippen LogP contribution in [0, 0.1) is 28.6 Å². The van der Waals surface area contributed by atoms with Gasteiger partial charge in [-0.05, 0) is 44.1 Å². The average molecular weight is 358 g/mol. The van der Waals surface area contributed by atoms with Crippen molar-refractivity contribution in [1.82, 2.24) is 0 Å². The minimum atomic E-state index is -1.21. The molecule has 0 aromatic rings. The molecule has 0 radical (unpaired) electrons. The predicted octanol–water partition coefficient (Wildman–Crippen LogP) is 2.56. The number of carbonyl (C=O) groups excluding carboxylic acids is 2. The summed E-state index contributed by atoms with van der Waals surface area (Å²) >= 11 is 0. The van der Waals surface area contributed by atoms with Gasteiger partial charge in [-0.25, -0.2) is 0 Å². The Bertz CT molecular complexity index is 762. The number of esters is 2. The van der Waals surface area contributed by atoms with Crippen molar-refractivity contribution in [2.45, 2.75) is 38.7 Å². The summed E-state index contributed by atoms with van der Waals surface area (Å²) in [5.74, 6) is -1.32. The third-order valence-corrected chi connectivity index (χ3v) is 7.49. The van der Waals surface area contributed by atoms with Crippen LogP contribution in [-0.4, -0.2) is 37.4 Å². The number of ether oxygens (including phenoxy) is 2. The first kappa shape index (κ1) is 17.5. The van der Waals surface area contributed by atoms with E-state index in [4.69, 9.17) is 9.47 Å². The Hall–Kier alpha value is -1.88. The van der Waals surface area contributed by atoms with Crippen molar-refractivity contribution >= 4 is 11.9 Å². The van der Waals surface area contributed by atoms with Gasteiger partial charge >= 0.3 is 11.9 Å². The van der Waals surface area contributed by atoms with Crippen LogP contribution in [0.15, 0.2) is 35.5 Å². The van der Waals surface area contributed by atoms with Crippen LogP contribution in [0.25, 0.3) is 0 Å². The second kappa shape index (κ2) is 5.56. The lowest BCUT2D eigenvalue weighted by Crippen LogP contribution is -2.53. The highest BCUT2D eigenvalue weighted by Crippen LogP contribution is 2.70. The third-order valence-electron chi connectivity index (χ3n) is 7.49. The number of allylic oxidation sites excluding steroid dienone is 4. The van der Waals surface area contributed by atoms with E-state index in [0.717, 1.165) is 31.3 Å². The number of carbonyl (C=O) groups is 2. The molecule has 0 heterocycles. The summed E-state index contributed by atoms with van der Waals surface area (Å²) < 4.78 is 10.3. The highest BCUT2D eigenvalue weighted by molar-refractivity contribution is 5.84. The molecule has 5 nitrogen and oxygen atoms in total. The maximum Gasteiger partial charge on any atom is 0.315 e.